The molecule has 1 amide bonds. The molecule has 0 atom stereocenters. The molecular formula is C22H20N2O3. The summed E-state index contributed by atoms with van der Waals surface area (Å²) in [5, 5.41) is 0. The van der Waals surface area contributed by atoms with Crippen molar-refractivity contribution < 1.29 is 14.3 Å². The third kappa shape index (κ3) is 4.39. The van der Waals surface area contributed by atoms with Crippen LogP contribution in [0.5, 0.6) is 5.75 Å². The molecule has 0 aliphatic carbocycles. The zero-order valence-electron chi connectivity index (χ0n) is 15.2. The largest absolute Gasteiger partial charge is 0.489 e. The predicted octanol–water partition coefficient (Wildman–Crippen LogP) is 3.94. The van der Waals surface area contributed by atoms with Gasteiger partial charge in [0.15, 0.2) is 5.78 Å². The highest BCUT2D eigenvalue weighted by Gasteiger charge is 2.08. The summed E-state index contributed by atoms with van der Waals surface area (Å²) in [4.78, 5) is 27.3. The van der Waals surface area contributed by atoms with E-state index >= 15 is 0 Å². The number of nitrogens with two attached hydrogens (primary N) is 1. The molecule has 0 fully saturated rings. The van der Waals surface area contributed by atoms with Crippen molar-refractivity contribution in [3.05, 3.63) is 83.0 Å². The molecule has 0 aliphatic heterocycles. The number of Topliss-reactive ketones (excluding diaryl/α,β-unsaturated/α-hetero) is 1. The normalized spacial score (nSPS) is 10.4. The molecule has 0 spiro atoms. The highest BCUT2D eigenvalue weighted by Crippen LogP contribution is 2.22. The molecule has 0 aliphatic rings. The van der Waals surface area contributed by atoms with E-state index in [1.807, 2.05) is 37.3 Å². The van der Waals surface area contributed by atoms with Crippen LogP contribution in [-0.4, -0.2) is 16.7 Å². The summed E-state index contributed by atoms with van der Waals surface area (Å²) in [6.45, 7) is 3.73. The van der Waals surface area contributed by atoms with Gasteiger partial charge in [0.25, 0.3) is 0 Å². The average Bonchev–Trinajstić information content (AvgIpc) is 2.66. The fourth-order valence-corrected chi connectivity index (χ4v) is 2.79. The van der Waals surface area contributed by atoms with E-state index in [1.54, 1.807) is 30.5 Å². The lowest BCUT2D eigenvalue weighted by Gasteiger charge is -2.09. The topological polar surface area (TPSA) is 82.3 Å². The maximum atomic E-state index is 11.5. The average molecular weight is 360 g/mol. The van der Waals surface area contributed by atoms with Crippen molar-refractivity contribution in [3.63, 3.8) is 0 Å². The molecule has 2 aromatic carbocycles. The molecule has 0 saturated carbocycles. The molecule has 1 heterocycles. The van der Waals surface area contributed by atoms with E-state index in [1.165, 1.54) is 6.92 Å². The number of nitrogens with zero attached hydrogens (tertiary/aromatic N) is 1. The number of benzene rings is 2. The van der Waals surface area contributed by atoms with Crippen molar-refractivity contribution in [2.24, 2.45) is 5.73 Å². The summed E-state index contributed by atoms with van der Waals surface area (Å²) in [6.07, 6.45) is 1.72. The smallest absolute Gasteiger partial charge is 0.248 e. The maximum absolute atomic E-state index is 11.5. The van der Waals surface area contributed by atoms with Crippen molar-refractivity contribution >= 4 is 11.7 Å². The molecule has 3 rings (SSSR count). The van der Waals surface area contributed by atoms with Gasteiger partial charge in [0.2, 0.25) is 5.91 Å². The Balaban J connectivity index is 1.78. The summed E-state index contributed by atoms with van der Waals surface area (Å²) in [7, 11) is 0. The fraction of sp³-hybridized carbons (Fsp3) is 0.136. The number of ether oxygens (including phenoxy) is 1. The van der Waals surface area contributed by atoms with Gasteiger partial charge in [-0.3, -0.25) is 14.6 Å². The van der Waals surface area contributed by atoms with Gasteiger partial charge in [0.1, 0.15) is 12.4 Å². The lowest BCUT2D eigenvalue weighted by molar-refractivity contribution is 0.0995. The summed E-state index contributed by atoms with van der Waals surface area (Å²) >= 11 is 0. The Morgan fingerprint density at radius 3 is 2.59 bits per heavy atom. The molecule has 0 unspecified atom stereocenters. The fourth-order valence-electron chi connectivity index (χ4n) is 2.79. The lowest BCUT2D eigenvalue weighted by Crippen LogP contribution is -2.12. The minimum Gasteiger partial charge on any atom is -0.489 e. The van der Waals surface area contributed by atoms with Gasteiger partial charge in [-0.15, -0.1) is 0 Å². The van der Waals surface area contributed by atoms with Gasteiger partial charge in [-0.25, -0.2) is 0 Å². The van der Waals surface area contributed by atoms with E-state index in [-0.39, 0.29) is 5.78 Å². The number of pyridine rings is 1. The second kappa shape index (κ2) is 7.83. The second-order valence-electron chi connectivity index (χ2n) is 6.32. The van der Waals surface area contributed by atoms with E-state index < -0.39 is 5.91 Å². The second-order valence-corrected chi connectivity index (χ2v) is 6.32. The number of ketones is 1. The molecule has 2 N–H and O–H groups in total. The molecule has 0 saturated heterocycles. The number of amides is 1. The molecular weight excluding hydrogens is 340 g/mol. The Hall–Kier alpha value is -3.47. The van der Waals surface area contributed by atoms with Crippen LogP contribution in [0.3, 0.4) is 0 Å². The Bertz CT molecular complexity index is 1010. The SMILES string of the molecule is CC(=O)c1cccc(OCc2ccnc(-c3ccc(C(N)=O)c(C)c3)c2)c1. The van der Waals surface area contributed by atoms with Crippen molar-refractivity contribution in [1.82, 2.24) is 4.98 Å². The maximum Gasteiger partial charge on any atom is 0.248 e. The van der Waals surface area contributed by atoms with E-state index in [4.69, 9.17) is 10.5 Å². The Morgan fingerprint density at radius 2 is 1.89 bits per heavy atom. The number of primary amides is 1. The summed E-state index contributed by atoms with van der Waals surface area (Å²) in [5.74, 6) is 0.200. The van der Waals surface area contributed by atoms with Crippen LogP contribution in [0.1, 0.15) is 38.8 Å². The van der Waals surface area contributed by atoms with Gasteiger partial charge in [-0.1, -0.05) is 18.2 Å². The molecule has 3 aromatic rings. The van der Waals surface area contributed by atoms with Crippen molar-refractivity contribution in [1.29, 1.82) is 0 Å². The first-order chi connectivity index (χ1) is 12.9. The molecule has 0 radical (unpaired) electrons. The standard InChI is InChI=1S/C22H20N2O3/c1-14-10-18(6-7-20(14)22(23)26)21-11-16(8-9-24-21)13-27-19-5-3-4-17(12-19)15(2)25/h3-12H,13H2,1-2H3,(H2,23,26). The van der Waals surface area contributed by atoms with E-state index in [2.05, 4.69) is 4.98 Å². The zero-order valence-corrected chi connectivity index (χ0v) is 15.2. The molecule has 27 heavy (non-hydrogen) atoms. The number of rotatable bonds is 6. The van der Waals surface area contributed by atoms with Crippen LogP contribution in [0.4, 0.5) is 0 Å². The third-order valence-corrected chi connectivity index (χ3v) is 4.26. The van der Waals surface area contributed by atoms with Crippen LogP contribution in [0.2, 0.25) is 0 Å². The zero-order chi connectivity index (χ0) is 19.4. The highest BCUT2D eigenvalue weighted by atomic mass is 16.5. The van der Waals surface area contributed by atoms with Gasteiger partial charge in [-0.2, -0.15) is 0 Å². The van der Waals surface area contributed by atoms with Crippen LogP contribution in [0.25, 0.3) is 11.3 Å². The summed E-state index contributed by atoms with van der Waals surface area (Å²) < 4.78 is 5.81. The first-order valence-electron chi connectivity index (χ1n) is 8.53. The molecule has 0 bridgehead atoms. The number of carbonyl (C=O) groups excluding carboxylic acids is 2. The Kier molecular flexibility index (Phi) is 5.31. The number of hydrogen-bond acceptors (Lipinski definition) is 4. The molecule has 5 heteroatoms. The van der Waals surface area contributed by atoms with Crippen molar-refractivity contribution in [3.8, 4) is 17.0 Å². The van der Waals surface area contributed by atoms with Crippen LogP contribution in [0, 0.1) is 6.92 Å². The van der Waals surface area contributed by atoms with Gasteiger partial charge in [0.05, 0.1) is 5.69 Å². The number of aromatic nitrogens is 1. The lowest BCUT2D eigenvalue weighted by atomic mass is 10.0. The summed E-state index contributed by atoms with van der Waals surface area (Å²) in [6, 6.07) is 16.4. The first-order valence-corrected chi connectivity index (χ1v) is 8.53. The van der Waals surface area contributed by atoms with Crippen LogP contribution < -0.4 is 10.5 Å². The van der Waals surface area contributed by atoms with Crippen LogP contribution in [0.15, 0.2) is 60.8 Å². The monoisotopic (exact) mass is 360 g/mol. The third-order valence-electron chi connectivity index (χ3n) is 4.26. The van der Waals surface area contributed by atoms with Gasteiger partial charge >= 0.3 is 0 Å². The first kappa shape index (κ1) is 18.3. The van der Waals surface area contributed by atoms with E-state index in [0.717, 1.165) is 22.4 Å². The number of carbonyl (C=O) groups is 2. The quantitative estimate of drug-likeness (QED) is 0.675. The Labute approximate surface area is 157 Å². The highest BCUT2D eigenvalue weighted by molar-refractivity contribution is 5.95. The van der Waals surface area contributed by atoms with Gasteiger partial charge < -0.3 is 10.5 Å². The van der Waals surface area contributed by atoms with E-state index in [0.29, 0.717) is 23.5 Å². The number of hydrogen-bond donors (Lipinski definition) is 1. The van der Waals surface area contributed by atoms with E-state index in [9.17, 15) is 9.59 Å². The van der Waals surface area contributed by atoms with Crippen molar-refractivity contribution in [2.75, 3.05) is 0 Å². The van der Waals surface area contributed by atoms with Gasteiger partial charge in [0, 0.05) is 22.9 Å². The Morgan fingerprint density at radius 1 is 1.07 bits per heavy atom. The van der Waals surface area contributed by atoms with Gasteiger partial charge in [-0.05, 0) is 61.4 Å². The minimum atomic E-state index is -0.443. The van der Waals surface area contributed by atoms with Crippen LogP contribution >= 0.6 is 0 Å². The molecule has 5 nitrogen and oxygen atoms in total. The minimum absolute atomic E-state index is 0.00132. The molecule has 136 valence electrons. The number of aryl methyl sites for hydroxylation is 1. The van der Waals surface area contributed by atoms with Crippen molar-refractivity contribution in [2.45, 2.75) is 20.5 Å². The predicted molar refractivity (Wildman–Crippen MR) is 104 cm³/mol. The molecule has 1 aromatic heterocycles. The summed E-state index contributed by atoms with van der Waals surface area (Å²) in [5.41, 5.74) is 9.93. The van der Waals surface area contributed by atoms with Crippen LogP contribution in [-0.2, 0) is 6.61 Å².